The summed E-state index contributed by atoms with van der Waals surface area (Å²) in [5.41, 5.74) is 5.19. The Kier molecular flexibility index (Phi) is 19.8. The number of hydrogen-bond acceptors (Lipinski definition) is 6. The zero-order valence-corrected chi connectivity index (χ0v) is 29.6. The Bertz CT molecular complexity index is 1370. The van der Waals surface area contributed by atoms with Crippen molar-refractivity contribution in [2.24, 2.45) is 0 Å². The summed E-state index contributed by atoms with van der Waals surface area (Å²) in [6, 6.07) is 21.7. The van der Waals surface area contributed by atoms with Crippen molar-refractivity contribution >= 4 is 15.8 Å². The monoisotopic (exact) mass is 668 g/mol. The Morgan fingerprint density at radius 3 is 1.66 bits per heavy atom. The normalized spacial score (nSPS) is 11.3. The van der Waals surface area contributed by atoms with Gasteiger partial charge in [0.2, 0.25) is 0 Å². The number of unbranched alkanes of at least 4 members (excludes halogenated alkanes) is 11. The molecule has 3 aromatic carbocycles. The second-order valence-corrected chi connectivity index (χ2v) is 13.7. The zero-order chi connectivity index (χ0) is 34.3. The summed E-state index contributed by atoms with van der Waals surface area (Å²) in [7, 11) is -4.36. The van der Waals surface area contributed by atoms with Crippen molar-refractivity contribution in [3.05, 3.63) is 105 Å². The van der Waals surface area contributed by atoms with Gasteiger partial charge >= 0.3 is 0 Å². The summed E-state index contributed by atoms with van der Waals surface area (Å²) >= 11 is 0. The maximum atomic E-state index is 10.5. The first-order chi connectivity index (χ1) is 22.6. The van der Waals surface area contributed by atoms with Gasteiger partial charge in [0.05, 0.1) is 11.5 Å². The Hall–Kier alpha value is -3.11. The number of ether oxygens (including phenoxy) is 1. The lowest BCUT2D eigenvalue weighted by atomic mass is 10.1. The number of hydrogen-bond donors (Lipinski definition) is 1. The second-order valence-electron chi connectivity index (χ2n) is 12.3. The summed E-state index contributed by atoms with van der Waals surface area (Å²) in [6.07, 6.45) is 16.7. The molecule has 0 spiro atoms. The standard InChI is InChI=1S/C32H51NO.C6H5NO5S/c1-4-5-6-7-8-9-10-11-12-13-14-19-25-34-26-24-33(27-31-22-17-15-20-29(31)2)28-32-23-18-16-21-30(32)3;8-7(9)5-2-1-3-6(4-5)13(10,11)12/h15-18,20-23H,4-14,19,24-28H2,1-3H3;1-4H,(H,10,11,12). The third-order valence-corrected chi connectivity index (χ3v) is 9.18. The third-order valence-electron chi connectivity index (χ3n) is 8.33. The molecule has 1 N–H and O–H groups in total. The quantitative estimate of drug-likeness (QED) is 0.0491. The summed E-state index contributed by atoms with van der Waals surface area (Å²) in [5, 5.41) is 10.2. The molecule has 8 nitrogen and oxygen atoms in total. The molecule has 0 aliphatic heterocycles. The van der Waals surface area contributed by atoms with Gasteiger partial charge in [0.25, 0.3) is 15.8 Å². The highest BCUT2D eigenvalue weighted by Crippen LogP contribution is 2.18. The molecule has 0 unspecified atom stereocenters. The topological polar surface area (TPSA) is 110 Å². The van der Waals surface area contributed by atoms with Crippen LogP contribution in [0.3, 0.4) is 0 Å². The lowest BCUT2D eigenvalue weighted by Crippen LogP contribution is -2.27. The van der Waals surface area contributed by atoms with Crippen molar-refractivity contribution < 1.29 is 22.6 Å². The number of nitrogens with zero attached hydrogens (tertiary/aromatic N) is 2. The highest BCUT2D eigenvalue weighted by atomic mass is 32.2. The lowest BCUT2D eigenvalue weighted by molar-refractivity contribution is -0.385. The SMILES string of the molecule is CCCCCCCCCCCCCCOCCN(Cc1ccccc1C)Cc1ccccc1C.O=[N+]([O-])c1cccc(S(=O)(=O)O)c1. The largest absolute Gasteiger partial charge is 0.380 e. The molecular weight excluding hydrogens is 612 g/mol. The van der Waals surface area contributed by atoms with Gasteiger partial charge in [-0.2, -0.15) is 8.42 Å². The van der Waals surface area contributed by atoms with Gasteiger partial charge in [-0.05, 0) is 48.6 Å². The van der Waals surface area contributed by atoms with E-state index >= 15 is 0 Å². The molecule has 0 atom stereocenters. The van der Waals surface area contributed by atoms with Crippen LogP contribution in [0.4, 0.5) is 5.69 Å². The van der Waals surface area contributed by atoms with Crippen molar-refractivity contribution in [3.8, 4) is 0 Å². The average molecular weight is 669 g/mol. The summed E-state index contributed by atoms with van der Waals surface area (Å²) in [6.45, 7) is 11.4. The molecule has 0 heterocycles. The highest BCUT2D eigenvalue weighted by molar-refractivity contribution is 7.85. The van der Waals surface area contributed by atoms with Gasteiger partial charge in [0.15, 0.2) is 0 Å². The van der Waals surface area contributed by atoms with E-state index in [0.717, 1.165) is 51.0 Å². The number of nitro benzene ring substituents is 1. The van der Waals surface area contributed by atoms with Crippen LogP contribution >= 0.6 is 0 Å². The molecule has 3 rings (SSSR count). The van der Waals surface area contributed by atoms with Crippen molar-refractivity contribution in [3.63, 3.8) is 0 Å². The predicted molar refractivity (Wildman–Crippen MR) is 191 cm³/mol. The lowest BCUT2D eigenvalue weighted by Gasteiger charge is -2.24. The molecule has 260 valence electrons. The first-order valence-corrected chi connectivity index (χ1v) is 18.7. The van der Waals surface area contributed by atoms with E-state index in [1.165, 1.54) is 105 Å². The smallest absolute Gasteiger partial charge is 0.294 e. The van der Waals surface area contributed by atoms with Gasteiger partial charge in [0.1, 0.15) is 4.90 Å². The van der Waals surface area contributed by atoms with Crippen LogP contribution in [0.5, 0.6) is 0 Å². The van der Waals surface area contributed by atoms with E-state index in [4.69, 9.17) is 9.29 Å². The van der Waals surface area contributed by atoms with Crippen LogP contribution in [-0.4, -0.2) is 42.6 Å². The molecule has 9 heteroatoms. The van der Waals surface area contributed by atoms with E-state index in [0.29, 0.717) is 0 Å². The Balaban J connectivity index is 0.000000492. The molecule has 0 saturated carbocycles. The maximum absolute atomic E-state index is 10.5. The van der Waals surface area contributed by atoms with E-state index in [1.807, 2.05) is 0 Å². The van der Waals surface area contributed by atoms with E-state index in [1.54, 1.807) is 0 Å². The molecule has 0 fully saturated rings. The Morgan fingerprint density at radius 2 is 1.19 bits per heavy atom. The molecule has 0 aliphatic rings. The zero-order valence-electron chi connectivity index (χ0n) is 28.7. The van der Waals surface area contributed by atoms with Crippen LogP contribution in [0.25, 0.3) is 0 Å². The fourth-order valence-electron chi connectivity index (χ4n) is 5.37. The third kappa shape index (κ3) is 17.6. The fraction of sp³-hybridized carbons (Fsp3) is 0.526. The van der Waals surface area contributed by atoms with Gasteiger partial charge in [-0.3, -0.25) is 19.6 Å². The molecule has 0 radical (unpaired) electrons. The number of benzene rings is 3. The van der Waals surface area contributed by atoms with Crippen molar-refractivity contribution in [2.45, 2.75) is 116 Å². The minimum Gasteiger partial charge on any atom is -0.380 e. The Labute approximate surface area is 283 Å². The van der Waals surface area contributed by atoms with Crippen LogP contribution in [0, 0.1) is 24.0 Å². The number of nitro groups is 1. The van der Waals surface area contributed by atoms with Crippen LogP contribution in [0.15, 0.2) is 77.7 Å². The highest BCUT2D eigenvalue weighted by Gasteiger charge is 2.14. The first-order valence-electron chi connectivity index (χ1n) is 17.2. The minimum atomic E-state index is -4.36. The Morgan fingerprint density at radius 1 is 0.702 bits per heavy atom. The average Bonchev–Trinajstić information content (AvgIpc) is 3.05. The van der Waals surface area contributed by atoms with Gasteiger partial charge in [-0.15, -0.1) is 0 Å². The van der Waals surface area contributed by atoms with Crippen molar-refractivity contribution in [1.29, 1.82) is 0 Å². The van der Waals surface area contributed by atoms with Gasteiger partial charge in [-0.25, -0.2) is 0 Å². The van der Waals surface area contributed by atoms with E-state index in [2.05, 4.69) is 74.2 Å². The van der Waals surface area contributed by atoms with Gasteiger partial charge < -0.3 is 4.74 Å². The molecule has 3 aromatic rings. The van der Waals surface area contributed by atoms with Crippen LogP contribution < -0.4 is 0 Å². The van der Waals surface area contributed by atoms with E-state index in [9.17, 15) is 18.5 Å². The predicted octanol–water partition coefficient (Wildman–Crippen LogP) is 9.86. The summed E-state index contributed by atoms with van der Waals surface area (Å²) in [4.78, 5) is 11.5. The van der Waals surface area contributed by atoms with Crippen LogP contribution in [-0.2, 0) is 27.9 Å². The molecule has 0 aromatic heterocycles. The molecule has 0 saturated heterocycles. The summed E-state index contributed by atoms with van der Waals surface area (Å²) in [5.74, 6) is 0. The maximum Gasteiger partial charge on any atom is 0.294 e. The molecule has 47 heavy (non-hydrogen) atoms. The second kappa shape index (κ2) is 23.3. The molecule has 0 aliphatic carbocycles. The van der Waals surface area contributed by atoms with Crippen LogP contribution in [0.1, 0.15) is 106 Å². The fourth-order valence-corrected chi connectivity index (χ4v) is 5.89. The molecular formula is C38H56N2O6S. The number of aryl methyl sites for hydroxylation is 2. The van der Waals surface area contributed by atoms with Crippen molar-refractivity contribution in [2.75, 3.05) is 19.8 Å². The number of non-ortho nitro benzene ring substituents is 1. The van der Waals surface area contributed by atoms with Crippen molar-refractivity contribution in [1.82, 2.24) is 4.90 Å². The van der Waals surface area contributed by atoms with E-state index in [-0.39, 0.29) is 5.69 Å². The van der Waals surface area contributed by atoms with Crippen LogP contribution in [0.2, 0.25) is 0 Å². The molecule has 0 bridgehead atoms. The number of rotatable bonds is 22. The first kappa shape index (κ1) is 40.1. The van der Waals surface area contributed by atoms with Gasteiger partial charge in [0, 0.05) is 38.4 Å². The minimum absolute atomic E-state index is 0.380. The van der Waals surface area contributed by atoms with E-state index < -0.39 is 19.9 Å². The summed E-state index contributed by atoms with van der Waals surface area (Å²) < 4.78 is 35.7. The molecule has 0 amide bonds. The van der Waals surface area contributed by atoms with Gasteiger partial charge in [-0.1, -0.05) is 132 Å².